The first kappa shape index (κ1) is 22.8. The molecule has 1 N–H and O–H groups in total. The molecule has 1 unspecified atom stereocenters. The van der Waals surface area contributed by atoms with Gasteiger partial charge in [0.1, 0.15) is 11.2 Å². The molecule has 4 nitrogen and oxygen atoms in total. The van der Waals surface area contributed by atoms with Crippen LogP contribution in [0.4, 0.5) is 28.9 Å². The summed E-state index contributed by atoms with van der Waals surface area (Å²) >= 11 is 1.42. The molecule has 0 radical (unpaired) electrons. The van der Waals surface area contributed by atoms with Gasteiger partial charge in [-0.3, -0.25) is 14.5 Å². The molecular weight excluding hydrogens is 456 g/mol. The molecule has 9 heteroatoms. The number of halogens is 4. The van der Waals surface area contributed by atoms with Crippen molar-refractivity contribution in [2.45, 2.75) is 18.5 Å². The minimum atomic E-state index is -4.51. The molecule has 1 saturated heterocycles. The fourth-order valence-electron chi connectivity index (χ4n) is 3.60. The predicted molar refractivity (Wildman–Crippen MR) is 120 cm³/mol. The summed E-state index contributed by atoms with van der Waals surface area (Å²) in [6.07, 6.45) is -4.51. The van der Waals surface area contributed by atoms with Gasteiger partial charge in [0.25, 0.3) is 5.91 Å². The van der Waals surface area contributed by atoms with Crippen LogP contribution >= 0.6 is 11.8 Å². The number of anilines is 2. The van der Waals surface area contributed by atoms with E-state index in [2.05, 4.69) is 5.32 Å². The third-order valence-corrected chi connectivity index (χ3v) is 6.40. The van der Waals surface area contributed by atoms with Crippen LogP contribution in [0.3, 0.4) is 0 Å². The van der Waals surface area contributed by atoms with Crippen LogP contribution in [0.5, 0.6) is 0 Å². The van der Waals surface area contributed by atoms with Crippen molar-refractivity contribution < 1.29 is 27.2 Å². The maximum Gasteiger partial charge on any atom is 0.416 e. The van der Waals surface area contributed by atoms with Crippen LogP contribution in [0.1, 0.15) is 32.4 Å². The van der Waals surface area contributed by atoms with Gasteiger partial charge in [-0.25, -0.2) is 4.39 Å². The molecule has 0 bridgehead atoms. The lowest BCUT2D eigenvalue weighted by Crippen LogP contribution is -2.28. The Bertz CT molecular complexity index is 1210. The molecule has 1 fully saturated rings. The van der Waals surface area contributed by atoms with Gasteiger partial charge in [-0.05, 0) is 66.6 Å². The normalized spacial score (nSPS) is 16.2. The first-order chi connectivity index (χ1) is 15.6. The van der Waals surface area contributed by atoms with E-state index in [4.69, 9.17) is 0 Å². The Morgan fingerprint density at radius 3 is 2.45 bits per heavy atom. The van der Waals surface area contributed by atoms with Gasteiger partial charge in [-0.2, -0.15) is 13.2 Å². The van der Waals surface area contributed by atoms with E-state index in [-0.39, 0.29) is 34.1 Å². The number of amides is 2. The topological polar surface area (TPSA) is 49.4 Å². The first-order valence-electron chi connectivity index (χ1n) is 9.92. The summed E-state index contributed by atoms with van der Waals surface area (Å²) in [6, 6.07) is 15.1. The molecule has 1 aliphatic rings. The maximum atomic E-state index is 13.3. The van der Waals surface area contributed by atoms with Crippen molar-refractivity contribution in [2.75, 3.05) is 16.0 Å². The van der Waals surface area contributed by atoms with Gasteiger partial charge in [0, 0.05) is 16.9 Å². The monoisotopic (exact) mass is 474 g/mol. The SMILES string of the molecule is Cc1cc(C(=O)Nc2cccc(C(F)(F)F)c2)ccc1N1C(=O)CSC1c1ccc(F)cc1. The van der Waals surface area contributed by atoms with Gasteiger partial charge in [-0.15, -0.1) is 11.8 Å². The number of nitrogens with one attached hydrogen (secondary N) is 1. The standard InChI is InChI=1S/C24H18F4N2O2S/c1-14-11-16(22(32)29-19-4-2-3-17(12-19)24(26,27)28)7-10-20(14)30-21(31)13-33-23(30)15-5-8-18(25)9-6-15/h2-12,23H,13H2,1H3,(H,29,32). The van der Waals surface area contributed by atoms with E-state index in [1.165, 1.54) is 42.1 Å². The van der Waals surface area contributed by atoms with E-state index < -0.39 is 17.6 Å². The highest BCUT2D eigenvalue weighted by Crippen LogP contribution is 2.43. The third-order valence-electron chi connectivity index (χ3n) is 5.19. The number of thioether (sulfide) groups is 1. The molecule has 1 heterocycles. The van der Waals surface area contributed by atoms with Crippen molar-refractivity contribution in [3.63, 3.8) is 0 Å². The Labute approximate surface area is 191 Å². The second kappa shape index (κ2) is 8.90. The molecule has 0 saturated carbocycles. The van der Waals surface area contributed by atoms with E-state index in [0.29, 0.717) is 11.3 Å². The molecule has 0 spiro atoms. The third kappa shape index (κ3) is 4.88. The molecule has 4 rings (SSSR count). The number of carbonyl (C=O) groups is 2. The first-order valence-corrected chi connectivity index (χ1v) is 11.0. The summed E-state index contributed by atoms with van der Waals surface area (Å²) in [5, 5.41) is 2.14. The largest absolute Gasteiger partial charge is 0.416 e. The molecule has 1 aliphatic heterocycles. The summed E-state index contributed by atoms with van der Waals surface area (Å²) in [6.45, 7) is 1.74. The van der Waals surface area contributed by atoms with E-state index in [0.717, 1.165) is 17.7 Å². The number of hydrogen-bond donors (Lipinski definition) is 1. The van der Waals surface area contributed by atoms with Crippen molar-refractivity contribution in [1.29, 1.82) is 0 Å². The van der Waals surface area contributed by atoms with Crippen LogP contribution < -0.4 is 10.2 Å². The van der Waals surface area contributed by atoms with Gasteiger partial charge in [0.05, 0.1) is 11.3 Å². The lowest BCUT2D eigenvalue weighted by Gasteiger charge is -2.26. The number of nitrogens with zero attached hydrogens (tertiary/aromatic N) is 1. The van der Waals surface area contributed by atoms with E-state index >= 15 is 0 Å². The average molecular weight is 474 g/mol. The lowest BCUT2D eigenvalue weighted by molar-refractivity contribution is -0.137. The molecule has 1 atom stereocenters. The molecule has 0 aromatic heterocycles. The fraction of sp³-hybridized carbons (Fsp3) is 0.167. The van der Waals surface area contributed by atoms with Crippen LogP contribution in [0.15, 0.2) is 66.7 Å². The minimum absolute atomic E-state index is 0.0269. The van der Waals surface area contributed by atoms with Crippen LogP contribution in [0.2, 0.25) is 0 Å². The van der Waals surface area contributed by atoms with Crippen LogP contribution in [0, 0.1) is 12.7 Å². The van der Waals surface area contributed by atoms with Gasteiger partial charge >= 0.3 is 6.18 Å². The highest BCUT2D eigenvalue weighted by atomic mass is 32.2. The highest BCUT2D eigenvalue weighted by molar-refractivity contribution is 8.00. The summed E-state index contributed by atoms with van der Waals surface area (Å²) < 4.78 is 52.1. The van der Waals surface area contributed by atoms with Crippen molar-refractivity contribution in [1.82, 2.24) is 0 Å². The number of rotatable bonds is 4. The van der Waals surface area contributed by atoms with Crippen molar-refractivity contribution >= 4 is 35.0 Å². The maximum absolute atomic E-state index is 13.3. The molecule has 170 valence electrons. The van der Waals surface area contributed by atoms with E-state index in [9.17, 15) is 27.2 Å². The van der Waals surface area contributed by atoms with Crippen LogP contribution in [0.25, 0.3) is 0 Å². The summed E-state index contributed by atoms with van der Waals surface area (Å²) in [4.78, 5) is 26.9. The van der Waals surface area contributed by atoms with Gasteiger partial charge in [-0.1, -0.05) is 18.2 Å². The second-order valence-corrected chi connectivity index (χ2v) is 8.58. The van der Waals surface area contributed by atoms with Crippen LogP contribution in [-0.4, -0.2) is 17.6 Å². The Morgan fingerprint density at radius 2 is 1.79 bits per heavy atom. The van der Waals surface area contributed by atoms with Gasteiger partial charge in [0.2, 0.25) is 5.91 Å². The van der Waals surface area contributed by atoms with Crippen molar-refractivity contribution in [3.05, 3.63) is 94.8 Å². The van der Waals surface area contributed by atoms with E-state index in [1.807, 2.05) is 0 Å². The minimum Gasteiger partial charge on any atom is -0.322 e. The predicted octanol–water partition coefficient (Wildman–Crippen LogP) is 6.18. The highest BCUT2D eigenvalue weighted by Gasteiger charge is 2.35. The average Bonchev–Trinajstić information content (AvgIpc) is 3.15. The smallest absolute Gasteiger partial charge is 0.322 e. The van der Waals surface area contributed by atoms with Crippen molar-refractivity contribution in [3.8, 4) is 0 Å². The molecule has 2 amide bonds. The van der Waals surface area contributed by atoms with Crippen LogP contribution in [-0.2, 0) is 11.0 Å². The number of benzene rings is 3. The molecular formula is C24H18F4N2O2S. The number of aryl methyl sites for hydroxylation is 1. The summed E-state index contributed by atoms with van der Waals surface area (Å²) in [5.41, 5.74) is 1.44. The Kier molecular flexibility index (Phi) is 6.16. The van der Waals surface area contributed by atoms with E-state index in [1.54, 1.807) is 36.1 Å². The summed E-state index contributed by atoms with van der Waals surface area (Å²) in [5.74, 6) is -0.786. The van der Waals surface area contributed by atoms with Crippen molar-refractivity contribution in [2.24, 2.45) is 0 Å². The zero-order chi connectivity index (χ0) is 23.8. The molecule has 0 aliphatic carbocycles. The summed E-state index contributed by atoms with van der Waals surface area (Å²) in [7, 11) is 0. The molecule has 3 aromatic carbocycles. The Hall–Kier alpha value is -3.33. The van der Waals surface area contributed by atoms with Gasteiger partial charge in [0.15, 0.2) is 0 Å². The zero-order valence-electron chi connectivity index (χ0n) is 17.3. The number of alkyl halides is 3. The number of hydrogen-bond acceptors (Lipinski definition) is 3. The van der Waals surface area contributed by atoms with Gasteiger partial charge < -0.3 is 5.32 Å². The fourth-order valence-corrected chi connectivity index (χ4v) is 4.77. The Balaban J connectivity index is 1.57. The second-order valence-electron chi connectivity index (χ2n) is 7.51. The quantitative estimate of drug-likeness (QED) is 0.459. The zero-order valence-corrected chi connectivity index (χ0v) is 18.1. The Morgan fingerprint density at radius 1 is 1.06 bits per heavy atom. The number of carbonyl (C=O) groups excluding carboxylic acids is 2. The molecule has 3 aromatic rings. The molecule has 33 heavy (non-hydrogen) atoms. The lowest BCUT2D eigenvalue weighted by atomic mass is 10.1.